The van der Waals surface area contributed by atoms with Gasteiger partial charge in [0.2, 0.25) is 5.91 Å². The highest BCUT2D eigenvalue weighted by Crippen LogP contribution is 2.24. The van der Waals surface area contributed by atoms with Crippen molar-refractivity contribution in [2.24, 2.45) is 0 Å². The first-order chi connectivity index (χ1) is 16.0. The highest BCUT2D eigenvalue weighted by molar-refractivity contribution is 7.99. The molecule has 1 N–H and O–H groups in total. The van der Waals surface area contributed by atoms with Crippen LogP contribution in [-0.2, 0) is 4.79 Å². The Morgan fingerprint density at radius 2 is 1.91 bits per heavy atom. The molecule has 4 aromatic rings. The number of para-hydroxylation sites is 1. The second-order valence-corrected chi connectivity index (χ2v) is 8.32. The summed E-state index contributed by atoms with van der Waals surface area (Å²) in [5.41, 5.74) is 0.844. The fourth-order valence-electron chi connectivity index (χ4n) is 3.20. The summed E-state index contributed by atoms with van der Waals surface area (Å²) in [6.07, 6.45) is 0. The number of halogens is 2. The number of hydrogen-bond donors (Lipinski definition) is 1. The molecule has 0 aliphatic rings. The van der Waals surface area contributed by atoms with Gasteiger partial charge < -0.3 is 10.1 Å². The summed E-state index contributed by atoms with van der Waals surface area (Å²) in [5, 5.41) is 3.61. The van der Waals surface area contributed by atoms with E-state index in [4.69, 9.17) is 16.3 Å². The number of thioether (sulfide) groups is 1. The van der Waals surface area contributed by atoms with Gasteiger partial charge in [-0.05, 0) is 61.5 Å². The molecule has 6 nitrogen and oxygen atoms in total. The van der Waals surface area contributed by atoms with Crippen LogP contribution in [0, 0.1) is 5.82 Å². The van der Waals surface area contributed by atoms with Crippen molar-refractivity contribution in [3.05, 3.63) is 87.9 Å². The van der Waals surface area contributed by atoms with E-state index in [1.165, 1.54) is 22.8 Å². The van der Waals surface area contributed by atoms with Gasteiger partial charge in [0, 0.05) is 5.02 Å². The van der Waals surface area contributed by atoms with Crippen LogP contribution < -0.4 is 15.6 Å². The third kappa shape index (κ3) is 5.18. The Morgan fingerprint density at radius 3 is 2.67 bits per heavy atom. The van der Waals surface area contributed by atoms with Crippen LogP contribution >= 0.6 is 23.4 Å². The smallest absolute Gasteiger partial charge is 0.266 e. The molecule has 0 fully saturated rings. The number of carbonyl (C=O) groups is 1. The first-order valence-electron chi connectivity index (χ1n) is 10.1. The summed E-state index contributed by atoms with van der Waals surface area (Å²) in [6.45, 7) is 2.42. The summed E-state index contributed by atoms with van der Waals surface area (Å²) in [5.74, 6) is -0.455. The average molecular weight is 484 g/mol. The van der Waals surface area contributed by atoms with Crippen LogP contribution in [-0.4, -0.2) is 27.8 Å². The highest BCUT2D eigenvalue weighted by atomic mass is 35.5. The molecular weight excluding hydrogens is 465 g/mol. The summed E-state index contributed by atoms with van der Waals surface area (Å²) in [6, 6.07) is 18.0. The number of carbonyl (C=O) groups excluding carboxylic acids is 1. The lowest BCUT2D eigenvalue weighted by molar-refractivity contribution is -0.113. The van der Waals surface area contributed by atoms with Crippen LogP contribution in [0.25, 0.3) is 16.6 Å². The minimum Gasteiger partial charge on any atom is -0.494 e. The number of hydrogen-bond acceptors (Lipinski definition) is 5. The molecule has 9 heteroatoms. The van der Waals surface area contributed by atoms with Crippen LogP contribution in [0.1, 0.15) is 6.92 Å². The number of benzene rings is 3. The van der Waals surface area contributed by atoms with Gasteiger partial charge in [0.1, 0.15) is 11.6 Å². The van der Waals surface area contributed by atoms with Crippen molar-refractivity contribution in [3.8, 4) is 11.4 Å². The maximum absolute atomic E-state index is 13.9. The lowest BCUT2D eigenvalue weighted by atomic mass is 10.2. The SMILES string of the molecule is CCOc1ccc(-n2c(SCC(=O)Nc3cc(Cl)ccc3F)nc3ccccc3c2=O)cc1. The third-order valence-corrected chi connectivity index (χ3v) is 5.86. The average Bonchev–Trinajstić information content (AvgIpc) is 2.81. The van der Waals surface area contributed by atoms with E-state index in [0.717, 1.165) is 11.8 Å². The number of nitrogens with one attached hydrogen (secondary N) is 1. The van der Waals surface area contributed by atoms with Crippen molar-refractivity contribution in [2.75, 3.05) is 17.7 Å². The zero-order valence-electron chi connectivity index (χ0n) is 17.5. The molecule has 1 heterocycles. The minimum atomic E-state index is -0.590. The van der Waals surface area contributed by atoms with E-state index < -0.39 is 11.7 Å². The zero-order valence-corrected chi connectivity index (χ0v) is 19.1. The van der Waals surface area contributed by atoms with Crippen LogP contribution in [0.2, 0.25) is 5.02 Å². The number of anilines is 1. The van der Waals surface area contributed by atoms with E-state index in [2.05, 4.69) is 10.3 Å². The number of amides is 1. The van der Waals surface area contributed by atoms with E-state index in [0.29, 0.717) is 39.1 Å². The lowest BCUT2D eigenvalue weighted by Crippen LogP contribution is -2.23. The van der Waals surface area contributed by atoms with Crippen LogP contribution in [0.4, 0.5) is 10.1 Å². The lowest BCUT2D eigenvalue weighted by Gasteiger charge is -2.14. The van der Waals surface area contributed by atoms with Crippen molar-refractivity contribution in [3.63, 3.8) is 0 Å². The molecule has 1 aromatic heterocycles. The Balaban J connectivity index is 1.66. The van der Waals surface area contributed by atoms with Crippen molar-refractivity contribution in [2.45, 2.75) is 12.1 Å². The molecule has 0 aliphatic carbocycles. The van der Waals surface area contributed by atoms with Gasteiger partial charge in [-0.25, -0.2) is 9.37 Å². The number of nitrogens with zero attached hydrogens (tertiary/aromatic N) is 2. The molecule has 1 amide bonds. The molecule has 4 rings (SSSR count). The number of rotatable bonds is 7. The van der Waals surface area contributed by atoms with E-state index >= 15 is 0 Å². The predicted molar refractivity (Wildman–Crippen MR) is 129 cm³/mol. The standard InChI is InChI=1S/C24H19ClFN3O3S/c1-2-32-17-10-8-16(9-11-17)29-23(31)18-5-3-4-6-20(18)28-24(29)33-14-22(30)27-21-13-15(25)7-12-19(21)26/h3-13H,2,14H2,1H3,(H,27,30). The summed E-state index contributed by atoms with van der Waals surface area (Å²) in [7, 11) is 0. The quantitative estimate of drug-likeness (QED) is 0.285. The highest BCUT2D eigenvalue weighted by Gasteiger charge is 2.16. The summed E-state index contributed by atoms with van der Waals surface area (Å²) < 4.78 is 20.9. The zero-order chi connectivity index (χ0) is 23.4. The van der Waals surface area contributed by atoms with Gasteiger partial charge >= 0.3 is 0 Å². The van der Waals surface area contributed by atoms with Gasteiger partial charge in [0.15, 0.2) is 5.16 Å². The Bertz CT molecular complexity index is 1380. The van der Waals surface area contributed by atoms with E-state index in [1.807, 2.05) is 6.92 Å². The minimum absolute atomic E-state index is 0.0107. The first-order valence-corrected chi connectivity index (χ1v) is 11.5. The van der Waals surface area contributed by atoms with Gasteiger partial charge in [0.05, 0.1) is 34.6 Å². The van der Waals surface area contributed by atoms with Gasteiger partial charge in [0.25, 0.3) is 5.56 Å². The maximum Gasteiger partial charge on any atom is 0.266 e. The molecule has 0 saturated heterocycles. The summed E-state index contributed by atoms with van der Waals surface area (Å²) in [4.78, 5) is 30.4. The van der Waals surface area contributed by atoms with Crippen molar-refractivity contribution < 1.29 is 13.9 Å². The fourth-order valence-corrected chi connectivity index (χ4v) is 4.19. The van der Waals surface area contributed by atoms with E-state index in [9.17, 15) is 14.0 Å². The molecule has 0 spiro atoms. The third-order valence-electron chi connectivity index (χ3n) is 4.69. The molecule has 0 atom stereocenters. The second kappa shape index (κ2) is 10.1. The second-order valence-electron chi connectivity index (χ2n) is 6.94. The molecule has 0 saturated carbocycles. The molecular formula is C24H19ClFN3O3S. The molecule has 168 valence electrons. The number of aromatic nitrogens is 2. The Morgan fingerprint density at radius 1 is 1.15 bits per heavy atom. The normalized spacial score (nSPS) is 10.9. The Labute approximate surface area is 198 Å². The van der Waals surface area contributed by atoms with Crippen molar-refractivity contribution >= 4 is 45.9 Å². The number of fused-ring (bicyclic) bond motifs is 1. The predicted octanol–water partition coefficient (Wildman–Crippen LogP) is 5.31. The molecule has 0 radical (unpaired) electrons. The largest absolute Gasteiger partial charge is 0.494 e. The fraction of sp³-hybridized carbons (Fsp3) is 0.125. The summed E-state index contributed by atoms with van der Waals surface area (Å²) >= 11 is 6.96. The topological polar surface area (TPSA) is 73.2 Å². The monoisotopic (exact) mass is 483 g/mol. The molecule has 33 heavy (non-hydrogen) atoms. The first kappa shape index (κ1) is 22.8. The van der Waals surface area contributed by atoms with Gasteiger partial charge in [-0.1, -0.05) is 35.5 Å². The van der Waals surface area contributed by atoms with Gasteiger partial charge in [-0.15, -0.1) is 0 Å². The van der Waals surface area contributed by atoms with Crippen LogP contribution in [0.15, 0.2) is 76.7 Å². The van der Waals surface area contributed by atoms with E-state index in [-0.39, 0.29) is 17.0 Å². The van der Waals surface area contributed by atoms with Gasteiger partial charge in [-0.2, -0.15) is 0 Å². The van der Waals surface area contributed by atoms with Crippen LogP contribution in [0.3, 0.4) is 0 Å². The Kier molecular flexibility index (Phi) is 6.96. The number of ether oxygens (including phenoxy) is 1. The molecule has 0 aliphatic heterocycles. The van der Waals surface area contributed by atoms with Gasteiger partial charge in [-0.3, -0.25) is 14.2 Å². The molecule has 0 unspecified atom stereocenters. The van der Waals surface area contributed by atoms with Crippen molar-refractivity contribution in [1.29, 1.82) is 0 Å². The molecule has 3 aromatic carbocycles. The van der Waals surface area contributed by atoms with E-state index in [1.54, 1.807) is 48.5 Å². The maximum atomic E-state index is 13.9. The molecule has 0 bridgehead atoms. The Hall–Kier alpha value is -3.36. The van der Waals surface area contributed by atoms with Crippen molar-refractivity contribution in [1.82, 2.24) is 9.55 Å². The van der Waals surface area contributed by atoms with Crippen LogP contribution in [0.5, 0.6) is 5.75 Å².